The second-order valence-corrected chi connectivity index (χ2v) is 8.33. The van der Waals surface area contributed by atoms with Crippen LogP contribution in [0.4, 0.5) is 5.95 Å². The van der Waals surface area contributed by atoms with Gasteiger partial charge in [-0.2, -0.15) is 0 Å². The van der Waals surface area contributed by atoms with Gasteiger partial charge in [0.15, 0.2) is 5.78 Å². The van der Waals surface area contributed by atoms with Gasteiger partial charge in [0.25, 0.3) is 0 Å². The molecule has 0 unspecified atom stereocenters. The van der Waals surface area contributed by atoms with Crippen molar-refractivity contribution in [3.63, 3.8) is 0 Å². The zero-order valence-electron chi connectivity index (χ0n) is 18.9. The number of Topliss-reactive ketones (excluding diaryl/α,β-unsaturated/α-hetero) is 1. The molecule has 0 bridgehead atoms. The van der Waals surface area contributed by atoms with Crippen LogP contribution in [0.3, 0.4) is 0 Å². The third-order valence-corrected chi connectivity index (χ3v) is 6.12. The molecule has 0 saturated carbocycles. The molecule has 1 saturated heterocycles. The predicted octanol–water partition coefficient (Wildman–Crippen LogP) is 4.28. The minimum atomic E-state index is 0.0104. The Labute approximate surface area is 198 Å². The summed E-state index contributed by atoms with van der Waals surface area (Å²) in [5.41, 5.74) is 3.49. The highest BCUT2D eigenvalue weighted by Crippen LogP contribution is 2.24. The van der Waals surface area contributed by atoms with Crippen molar-refractivity contribution in [2.75, 3.05) is 31.1 Å². The maximum absolute atomic E-state index is 13.0. The highest BCUT2D eigenvalue weighted by molar-refractivity contribution is 5.97. The Bertz CT molecular complexity index is 1320. The molecule has 1 fully saturated rings. The van der Waals surface area contributed by atoms with Crippen LogP contribution in [0.5, 0.6) is 0 Å². The first-order valence-electron chi connectivity index (χ1n) is 11.5. The molecule has 1 amide bonds. The van der Waals surface area contributed by atoms with E-state index in [1.807, 2.05) is 100 Å². The van der Waals surface area contributed by atoms with Crippen molar-refractivity contribution in [1.29, 1.82) is 0 Å². The Hall–Kier alpha value is -4.19. The lowest BCUT2D eigenvalue weighted by atomic mass is 10.1. The van der Waals surface area contributed by atoms with E-state index < -0.39 is 0 Å². The molecule has 6 heteroatoms. The quantitative estimate of drug-likeness (QED) is 0.325. The van der Waals surface area contributed by atoms with Crippen LogP contribution in [0, 0.1) is 0 Å². The number of hydrogen-bond acceptors (Lipinski definition) is 4. The largest absolute Gasteiger partial charge is 0.339 e. The summed E-state index contributed by atoms with van der Waals surface area (Å²) in [5.74, 6) is 0.832. The van der Waals surface area contributed by atoms with Gasteiger partial charge in [0, 0.05) is 37.8 Å². The molecule has 5 rings (SSSR count). The molecule has 0 atom stereocenters. The topological polar surface area (TPSA) is 58.4 Å². The van der Waals surface area contributed by atoms with E-state index in [-0.39, 0.29) is 18.2 Å². The first-order valence-corrected chi connectivity index (χ1v) is 11.5. The van der Waals surface area contributed by atoms with E-state index in [0.29, 0.717) is 31.7 Å². The molecule has 0 N–H and O–H groups in total. The van der Waals surface area contributed by atoms with Gasteiger partial charge in [-0.15, -0.1) is 0 Å². The fraction of sp³-hybridized carbons (Fsp3) is 0.179. The number of carbonyl (C=O) groups is 2. The number of nitrogens with zero attached hydrogens (tertiary/aromatic N) is 4. The van der Waals surface area contributed by atoms with E-state index in [1.54, 1.807) is 6.08 Å². The number of piperazine rings is 1. The highest BCUT2D eigenvalue weighted by Gasteiger charge is 2.25. The minimum absolute atomic E-state index is 0.0104. The number of carbonyl (C=O) groups excluding carboxylic acids is 2. The average molecular weight is 451 g/mol. The fourth-order valence-corrected chi connectivity index (χ4v) is 4.28. The van der Waals surface area contributed by atoms with E-state index >= 15 is 0 Å². The lowest BCUT2D eigenvalue weighted by molar-refractivity contribution is -0.126. The number of benzene rings is 3. The molecule has 0 radical (unpaired) electrons. The third kappa shape index (κ3) is 4.62. The van der Waals surface area contributed by atoms with Crippen LogP contribution in [0.2, 0.25) is 0 Å². The number of ketones is 1. The van der Waals surface area contributed by atoms with Gasteiger partial charge in [-0.1, -0.05) is 72.8 Å². The third-order valence-electron chi connectivity index (χ3n) is 6.12. The number of fused-ring (bicyclic) bond motifs is 1. The maximum atomic E-state index is 13.0. The summed E-state index contributed by atoms with van der Waals surface area (Å²) in [7, 11) is 0. The van der Waals surface area contributed by atoms with Crippen LogP contribution in [0.15, 0.2) is 91.0 Å². The Morgan fingerprint density at radius 1 is 0.794 bits per heavy atom. The van der Waals surface area contributed by atoms with E-state index in [2.05, 4.69) is 4.90 Å². The molecular formula is C28H26N4O2. The number of aromatic nitrogens is 2. The van der Waals surface area contributed by atoms with Crippen molar-refractivity contribution in [2.45, 2.75) is 6.54 Å². The zero-order chi connectivity index (χ0) is 23.3. The van der Waals surface area contributed by atoms with E-state index in [4.69, 9.17) is 4.98 Å². The van der Waals surface area contributed by atoms with Crippen LogP contribution in [0.1, 0.15) is 15.9 Å². The Morgan fingerprint density at radius 3 is 2.18 bits per heavy atom. The van der Waals surface area contributed by atoms with Crippen molar-refractivity contribution < 1.29 is 9.59 Å². The van der Waals surface area contributed by atoms with Gasteiger partial charge in [-0.3, -0.25) is 9.59 Å². The molecule has 4 aromatic rings. The number of para-hydroxylation sites is 2. The van der Waals surface area contributed by atoms with Crippen molar-refractivity contribution in [2.24, 2.45) is 0 Å². The normalized spacial score (nSPS) is 14.1. The molecule has 34 heavy (non-hydrogen) atoms. The lowest BCUT2D eigenvalue weighted by Crippen LogP contribution is -2.49. The molecular weight excluding hydrogens is 424 g/mol. The molecule has 1 aromatic heterocycles. The number of amides is 1. The first-order chi connectivity index (χ1) is 16.7. The summed E-state index contributed by atoms with van der Waals surface area (Å²) in [5, 5.41) is 0. The van der Waals surface area contributed by atoms with Gasteiger partial charge in [-0.25, -0.2) is 4.98 Å². The molecule has 1 aliphatic rings. The van der Waals surface area contributed by atoms with Gasteiger partial charge >= 0.3 is 0 Å². The first kappa shape index (κ1) is 21.6. The Balaban J connectivity index is 1.32. The van der Waals surface area contributed by atoms with Crippen molar-refractivity contribution in [3.05, 3.63) is 102 Å². The minimum Gasteiger partial charge on any atom is -0.339 e. The SMILES string of the molecule is O=C(Cn1c(N2CCN(C(=O)C=Cc3ccccc3)CC2)nc2ccccc21)c1ccccc1. The van der Waals surface area contributed by atoms with Gasteiger partial charge in [0.2, 0.25) is 11.9 Å². The summed E-state index contributed by atoms with van der Waals surface area (Å²) in [6.07, 6.45) is 3.49. The second-order valence-electron chi connectivity index (χ2n) is 8.33. The summed E-state index contributed by atoms with van der Waals surface area (Å²) in [6, 6.07) is 27.1. The highest BCUT2D eigenvalue weighted by atomic mass is 16.2. The predicted molar refractivity (Wildman–Crippen MR) is 135 cm³/mol. The molecule has 170 valence electrons. The summed E-state index contributed by atoms with van der Waals surface area (Å²) >= 11 is 0. The Kier molecular flexibility index (Phi) is 6.21. The summed E-state index contributed by atoms with van der Waals surface area (Å²) in [4.78, 5) is 34.6. The molecule has 2 heterocycles. The standard InChI is InChI=1S/C28H26N4O2/c33-26(23-11-5-2-6-12-23)21-32-25-14-8-7-13-24(25)29-28(32)31-19-17-30(18-20-31)27(34)16-15-22-9-3-1-4-10-22/h1-16H,17-21H2. The van der Waals surface area contributed by atoms with E-state index in [1.165, 1.54) is 0 Å². The number of anilines is 1. The molecule has 0 spiro atoms. The van der Waals surface area contributed by atoms with Gasteiger partial charge in [0.05, 0.1) is 17.6 Å². The smallest absolute Gasteiger partial charge is 0.246 e. The van der Waals surface area contributed by atoms with E-state index in [9.17, 15) is 9.59 Å². The number of hydrogen-bond donors (Lipinski definition) is 0. The summed E-state index contributed by atoms with van der Waals surface area (Å²) in [6.45, 7) is 2.75. The Morgan fingerprint density at radius 2 is 1.44 bits per heavy atom. The number of imidazole rings is 1. The lowest BCUT2D eigenvalue weighted by Gasteiger charge is -2.35. The molecule has 6 nitrogen and oxygen atoms in total. The number of rotatable bonds is 6. The van der Waals surface area contributed by atoms with Crippen LogP contribution < -0.4 is 4.90 Å². The van der Waals surface area contributed by atoms with Gasteiger partial charge < -0.3 is 14.4 Å². The van der Waals surface area contributed by atoms with Gasteiger partial charge in [-0.05, 0) is 23.8 Å². The van der Waals surface area contributed by atoms with Crippen LogP contribution in [0.25, 0.3) is 17.1 Å². The van der Waals surface area contributed by atoms with Crippen molar-refractivity contribution in [3.8, 4) is 0 Å². The molecule has 1 aliphatic heterocycles. The fourth-order valence-electron chi connectivity index (χ4n) is 4.28. The monoisotopic (exact) mass is 450 g/mol. The molecule has 0 aliphatic carbocycles. The molecule has 3 aromatic carbocycles. The maximum Gasteiger partial charge on any atom is 0.246 e. The van der Waals surface area contributed by atoms with E-state index in [0.717, 1.165) is 22.5 Å². The van der Waals surface area contributed by atoms with Crippen molar-refractivity contribution in [1.82, 2.24) is 14.5 Å². The van der Waals surface area contributed by atoms with Crippen molar-refractivity contribution >= 4 is 34.7 Å². The average Bonchev–Trinajstić information content (AvgIpc) is 3.26. The van der Waals surface area contributed by atoms with Crippen LogP contribution in [-0.4, -0.2) is 52.3 Å². The summed E-state index contributed by atoms with van der Waals surface area (Å²) < 4.78 is 2.00. The second kappa shape index (κ2) is 9.75. The van der Waals surface area contributed by atoms with Crippen LogP contribution >= 0.6 is 0 Å². The van der Waals surface area contributed by atoms with Gasteiger partial charge in [0.1, 0.15) is 0 Å². The van der Waals surface area contributed by atoms with Crippen LogP contribution in [-0.2, 0) is 11.3 Å². The zero-order valence-corrected chi connectivity index (χ0v) is 18.9.